The molecule has 0 aliphatic heterocycles. The summed E-state index contributed by atoms with van der Waals surface area (Å²) in [5.41, 5.74) is 1.47. The highest BCUT2D eigenvalue weighted by Crippen LogP contribution is 2.20. The molecule has 108 valence electrons. The molecule has 0 saturated carbocycles. The van der Waals surface area contributed by atoms with Crippen LogP contribution >= 0.6 is 0 Å². The first-order chi connectivity index (χ1) is 9.42. The van der Waals surface area contributed by atoms with Crippen LogP contribution in [0.2, 0.25) is 0 Å². The van der Waals surface area contributed by atoms with Crippen LogP contribution in [0.4, 0.5) is 0 Å². The number of sulfonamides is 1. The topological polar surface area (TPSA) is 72.2 Å². The molecule has 0 bridgehead atoms. The second-order valence-electron chi connectivity index (χ2n) is 4.82. The van der Waals surface area contributed by atoms with Crippen LogP contribution in [0.3, 0.4) is 0 Å². The molecular weight excluding hydrogens is 276 g/mol. The molecule has 0 amide bonds. The highest BCUT2D eigenvalue weighted by molar-refractivity contribution is 7.89. The molecule has 0 aliphatic rings. The standard InChI is InChI=1S/C14H18N2O3S/c1-10(13-7-5-4-6-8-13)9-15-20(17,18)14-11(2)16-19-12(14)3/h4-8,10,15H,9H2,1-3H3/t10-/m1/s1. The van der Waals surface area contributed by atoms with E-state index in [0.717, 1.165) is 5.56 Å². The molecule has 0 aliphatic carbocycles. The van der Waals surface area contributed by atoms with Gasteiger partial charge in [-0.1, -0.05) is 42.4 Å². The van der Waals surface area contributed by atoms with Crippen molar-refractivity contribution in [3.8, 4) is 0 Å². The van der Waals surface area contributed by atoms with Crippen molar-refractivity contribution in [2.45, 2.75) is 31.6 Å². The fourth-order valence-electron chi connectivity index (χ4n) is 2.06. The lowest BCUT2D eigenvalue weighted by atomic mass is 10.0. The predicted octanol–water partition coefficient (Wildman–Crippen LogP) is 2.37. The molecule has 0 radical (unpaired) electrons. The molecule has 1 aromatic heterocycles. The molecule has 2 rings (SSSR count). The summed E-state index contributed by atoms with van der Waals surface area (Å²) in [4.78, 5) is 0.137. The normalized spacial score (nSPS) is 13.3. The Morgan fingerprint density at radius 3 is 2.45 bits per heavy atom. The molecule has 0 spiro atoms. The maximum atomic E-state index is 12.3. The third-order valence-corrected chi connectivity index (χ3v) is 4.85. The number of nitrogens with zero attached hydrogens (tertiary/aromatic N) is 1. The summed E-state index contributed by atoms with van der Waals surface area (Å²) < 4.78 is 32.0. The zero-order chi connectivity index (χ0) is 14.8. The van der Waals surface area contributed by atoms with Crippen LogP contribution in [0.25, 0.3) is 0 Å². The molecular formula is C14H18N2O3S. The van der Waals surface area contributed by atoms with E-state index < -0.39 is 10.0 Å². The van der Waals surface area contributed by atoms with Gasteiger partial charge in [-0.25, -0.2) is 13.1 Å². The van der Waals surface area contributed by atoms with Crippen molar-refractivity contribution in [2.24, 2.45) is 0 Å². The van der Waals surface area contributed by atoms with E-state index in [1.807, 2.05) is 37.3 Å². The average Bonchev–Trinajstić information content (AvgIpc) is 2.77. The van der Waals surface area contributed by atoms with Gasteiger partial charge in [-0.3, -0.25) is 0 Å². The number of hydrogen-bond donors (Lipinski definition) is 1. The number of rotatable bonds is 5. The summed E-state index contributed by atoms with van der Waals surface area (Å²) in [6, 6.07) is 9.78. The van der Waals surface area contributed by atoms with E-state index in [2.05, 4.69) is 9.88 Å². The van der Waals surface area contributed by atoms with E-state index in [0.29, 0.717) is 18.0 Å². The van der Waals surface area contributed by atoms with E-state index >= 15 is 0 Å². The van der Waals surface area contributed by atoms with Gasteiger partial charge in [0.1, 0.15) is 10.6 Å². The minimum Gasteiger partial charge on any atom is -0.360 e. The fraction of sp³-hybridized carbons (Fsp3) is 0.357. The molecule has 0 unspecified atom stereocenters. The van der Waals surface area contributed by atoms with Crippen molar-refractivity contribution < 1.29 is 12.9 Å². The molecule has 0 saturated heterocycles. The van der Waals surface area contributed by atoms with Gasteiger partial charge in [0.25, 0.3) is 0 Å². The van der Waals surface area contributed by atoms with Crippen LogP contribution < -0.4 is 4.72 Å². The van der Waals surface area contributed by atoms with E-state index in [4.69, 9.17) is 4.52 Å². The Balaban J connectivity index is 2.11. The Labute approximate surface area is 119 Å². The van der Waals surface area contributed by atoms with E-state index in [1.165, 1.54) is 0 Å². The second kappa shape index (κ2) is 5.76. The minimum absolute atomic E-state index is 0.0893. The Hall–Kier alpha value is -1.66. The first kappa shape index (κ1) is 14.7. The maximum absolute atomic E-state index is 12.3. The lowest BCUT2D eigenvalue weighted by Crippen LogP contribution is -2.28. The first-order valence-electron chi connectivity index (χ1n) is 6.39. The van der Waals surface area contributed by atoms with Crippen molar-refractivity contribution in [1.29, 1.82) is 0 Å². The molecule has 1 aromatic carbocycles. The summed E-state index contributed by atoms with van der Waals surface area (Å²) >= 11 is 0. The van der Waals surface area contributed by atoms with Crippen LogP contribution in [0, 0.1) is 13.8 Å². The summed E-state index contributed by atoms with van der Waals surface area (Å²) in [5.74, 6) is 0.397. The molecule has 1 N–H and O–H groups in total. The molecule has 20 heavy (non-hydrogen) atoms. The molecule has 0 fully saturated rings. The summed E-state index contributed by atoms with van der Waals surface area (Å²) in [6.07, 6.45) is 0. The Morgan fingerprint density at radius 2 is 1.90 bits per heavy atom. The van der Waals surface area contributed by atoms with Gasteiger partial charge >= 0.3 is 0 Å². The van der Waals surface area contributed by atoms with Crippen molar-refractivity contribution in [2.75, 3.05) is 6.54 Å². The van der Waals surface area contributed by atoms with Crippen molar-refractivity contribution in [1.82, 2.24) is 9.88 Å². The smallest absolute Gasteiger partial charge is 0.245 e. The van der Waals surface area contributed by atoms with Gasteiger partial charge in [0.2, 0.25) is 10.0 Å². The average molecular weight is 294 g/mol. The first-order valence-corrected chi connectivity index (χ1v) is 7.87. The van der Waals surface area contributed by atoms with Crippen LogP contribution in [-0.2, 0) is 10.0 Å². The van der Waals surface area contributed by atoms with Gasteiger partial charge in [0, 0.05) is 6.54 Å². The summed E-state index contributed by atoms with van der Waals surface area (Å²) in [5, 5.41) is 3.67. The van der Waals surface area contributed by atoms with E-state index in [1.54, 1.807) is 13.8 Å². The quantitative estimate of drug-likeness (QED) is 0.919. The summed E-state index contributed by atoms with van der Waals surface area (Å²) in [6.45, 7) is 5.52. The maximum Gasteiger partial charge on any atom is 0.245 e. The van der Waals surface area contributed by atoms with Gasteiger partial charge in [0.05, 0.1) is 0 Å². The van der Waals surface area contributed by atoms with Gasteiger partial charge in [-0.2, -0.15) is 0 Å². The Bertz CT molecular complexity index is 658. The van der Waals surface area contributed by atoms with E-state index in [9.17, 15) is 8.42 Å². The summed E-state index contributed by atoms with van der Waals surface area (Å²) in [7, 11) is -3.59. The third kappa shape index (κ3) is 3.08. The highest BCUT2D eigenvalue weighted by Gasteiger charge is 2.24. The zero-order valence-electron chi connectivity index (χ0n) is 11.8. The minimum atomic E-state index is -3.59. The van der Waals surface area contributed by atoms with Gasteiger partial charge < -0.3 is 4.52 Å². The molecule has 1 heterocycles. The van der Waals surface area contributed by atoms with Crippen LogP contribution in [0.5, 0.6) is 0 Å². The second-order valence-corrected chi connectivity index (χ2v) is 6.52. The lowest BCUT2D eigenvalue weighted by Gasteiger charge is -2.13. The number of aryl methyl sites for hydroxylation is 2. The van der Waals surface area contributed by atoms with Crippen LogP contribution in [-0.4, -0.2) is 20.1 Å². The monoisotopic (exact) mass is 294 g/mol. The van der Waals surface area contributed by atoms with Gasteiger partial charge in [-0.05, 0) is 25.3 Å². The SMILES string of the molecule is Cc1noc(C)c1S(=O)(=O)NC[C@@H](C)c1ccccc1. The third-order valence-electron chi connectivity index (χ3n) is 3.18. The lowest BCUT2D eigenvalue weighted by molar-refractivity contribution is 0.390. The predicted molar refractivity (Wildman–Crippen MR) is 76.0 cm³/mol. The van der Waals surface area contributed by atoms with Crippen molar-refractivity contribution >= 4 is 10.0 Å². The number of aromatic nitrogens is 1. The fourth-order valence-corrected chi connectivity index (χ4v) is 3.52. The molecule has 2 aromatic rings. The molecule has 5 nitrogen and oxygen atoms in total. The van der Waals surface area contributed by atoms with Crippen molar-refractivity contribution in [3.05, 3.63) is 47.3 Å². The van der Waals surface area contributed by atoms with E-state index in [-0.39, 0.29) is 10.8 Å². The zero-order valence-corrected chi connectivity index (χ0v) is 12.6. The molecule has 6 heteroatoms. The Morgan fingerprint density at radius 1 is 1.25 bits per heavy atom. The number of hydrogen-bond acceptors (Lipinski definition) is 4. The van der Waals surface area contributed by atoms with Gasteiger partial charge in [0.15, 0.2) is 5.76 Å². The Kier molecular flexibility index (Phi) is 4.25. The van der Waals surface area contributed by atoms with Gasteiger partial charge in [-0.15, -0.1) is 0 Å². The molecule has 1 atom stereocenters. The highest BCUT2D eigenvalue weighted by atomic mass is 32.2. The van der Waals surface area contributed by atoms with Crippen LogP contribution in [0.1, 0.15) is 29.9 Å². The van der Waals surface area contributed by atoms with Crippen LogP contribution in [0.15, 0.2) is 39.8 Å². The van der Waals surface area contributed by atoms with Crippen molar-refractivity contribution in [3.63, 3.8) is 0 Å². The largest absolute Gasteiger partial charge is 0.360 e. The number of nitrogens with one attached hydrogen (secondary N) is 1. The number of benzene rings is 1.